The molecule has 0 radical (unpaired) electrons. The third kappa shape index (κ3) is 1.85. The molecule has 1 saturated heterocycles. The maximum absolute atomic E-state index is 11.0. The molecule has 0 aromatic rings. The lowest BCUT2D eigenvalue weighted by atomic mass is 10.0. The zero-order chi connectivity index (χ0) is 8.97. The molecule has 1 aliphatic rings. The number of carbonyl (C=O) groups is 1. The number of nitrogens with one attached hydrogen (secondary N) is 1. The van der Waals surface area contributed by atoms with E-state index in [1.165, 1.54) is 6.92 Å². The van der Waals surface area contributed by atoms with Gasteiger partial charge >= 0.3 is 0 Å². The topological polar surface area (TPSA) is 52.9 Å². The van der Waals surface area contributed by atoms with Gasteiger partial charge < -0.3 is 5.32 Å². The molecule has 0 saturated carbocycles. The maximum Gasteiger partial charge on any atom is 0.172 e. The molecule has 0 atom stereocenters. The molecule has 0 bridgehead atoms. The van der Waals surface area contributed by atoms with Crippen molar-refractivity contribution in [2.45, 2.75) is 26.2 Å². The van der Waals surface area contributed by atoms with Crippen molar-refractivity contribution in [1.82, 2.24) is 5.32 Å². The van der Waals surface area contributed by atoms with Gasteiger partial charge in [-0.2, -0.15) is 5.26 Å². The maximum atomic E-state index is 11.0. The van der Waals surface area contributed by atoms with E-state index in [1.54, 1.807) is 0 Å². The summed E-state index contributed by atoms with van der Waals surface area (Å²) in [6, 6.07) is 1.94. The number of piperidine rings is 1. The van der Waals surface area contributed by atoms with Crippen molar-refractivity contribution >= 4 is 5.78 Å². The normalized spacial score (nSPS) is 20.7. The predicted octanol–water partition coefficient (Wildman–Crippen LogP) is 1.13. The van der Waals surface area contributed by atoms with E-state index >= 15 is 0 Å². The third-order valence-corrected chi connectivity index (χ3v) is 1.96. The largest absolute Gasteiger partial charge is 0.387 e. The van der Waals surface area contributed by atoms with E-state index in [-0.39, 0.29) is 5.78 Å². The van der Waals surface area contributed by atoms with Gasteiger partial charge in [0.1, 0.15) is 11.6 Å². The second-order valence-corrected chi connectivity index (χ2v) is 2.91. The van der Waals surface area contributed by atoms with Crippen LogP contribution < -0.4 is 5.32 Å². The summed E-state index contributed by atoms with van der Waals surface area (Å²) in [6.45, 7) is 2.32. The highest BCUT2D eigenvalue weighted by atomic mass is 16.1. The molecule has 3 heteroatoms. The number of hydrogen-bond acceptors (Lipinski definition) is 3. The molecular weight excluding hydrogens is 152 g/mol. The van der Waals surface area contributed by atoms with Crippen LogP contribution in [0, 0.1) is 11.3 Å². The van der Waals surface area contributed by atoms with E-state index in [9.17, 15) is 4.79 Å². The molecule has 12 heavy (non-hydrogen) atoms. The zero-order valence-corrected chi connectivity index (χ0v) is 7.18. The predicted molar refractivity (Wildman–Crippen MR) is 45.2 cm³/mol. The number of nitriles is 1. The Kier molecular flexibility index (Phi) is 2.87. The Balaban J connectivity index is 2.84. The number of rotatable bonds is 1. The quantitative estimate of drug-likeness (QED) is 0.467. The highest BCUT2D eigenvalue weighted by Gasteiger charge is 2.13. The minimum atomic E-state index is -0.137. The highest BCUT2D eigenvalue weighted by Crippen LogP contribution is 2.14. The number of nitrogens with zero attached hydrogens (tertiary/aromatic N) is 1. The molecule has 0 unspecified atom stereocenters. The zero-order valence-electron chi connectivity index (χ0n) is 7.18. The van der Waals surface area contributed by atoms with Crippen LogP contribution in [0.1, 0.15) is 26.2 Å². The van der Waals surface area contributed by atoms with Crippen molar-refractivity contribution in [3.63, 3.8) is 0 Å². The summed E-state index contributed by atoms with van der Waals surface area (Å²) in [5.41, 5.74) is 1.13. The van der Waals surface area contributed by atoms with E-state index in [2.05, 4.69) is 5.32 Å². The van der Waals surface area contributed by atoms with Crippen LogP contribution in [-0.4, -0.2) is 12.3 Å². The second kappa shape index (κ2) is 3.91. The molecule has 0 aromatic heterocycles. The summed E-state index contributed by atoms with van der Waals surface area (Å²) in [6.07, 6.45) is 3.03. The number of carbonyl (C=O) groups excluding carboxylic acids is 1. The van der Waals surface area contributed by atoms with E-state index in [4.69, 9.17) is 5.26 Å². The van der Waals surface area contributed by atoms with Crippen LogP contribution in [0.3, 0.4) is 0 Å². The first-order valence-electron chi connectivity index (χ1n) is 4.13. The van der Waals surface area contributed by atoms with Crippen molar-refractivity contribution in [3.8, 4) is 6.07 Å². The Morgan fingerprint density at radius 2 is 2.33 bits per heavy atom. The molecule has 0 aliphatic carbocycles. The first-order valence-corrected chi connectivity index (χ1v) is 4.13. The van der Waals surface area contributed by atoms with E-state index in [0.717, 1.165) is 31.5 Å². The minimum absolute atomic E-state index is 0.137. The van der Waals surface area contributed by atoms with Crippen LogP contribution in [-0.2, 0) is 4.79 Å². The van der Waals surface area contributed by atoms with Gasteiger partial charge in [0, 0.05) is 12.2 Å². The van der Waals surface area contributed by atoms with Crippen LogP contribution in [0.5, 0.6) is 0 Å². The van der Waals surface area contributed by atoms with Crippen molar-refractivity contribution in [2.75, 3.05) is 6.54 Å². The molecule has 64 valence electrons. The molecule has 1 fully saturated rings. The second-order valence-electron chi connectivity index (χ2n) is 2.91. The van der Waals surface area contributed by atoms with Crippen LogP contribution >= 0.6 is 0 Å². The summed E-state index contributed by atoms with van der Waals surface area (Å²) >= 11 is 0. The van der Waals surface area contributed by atoms with Gasteiger partial charge in [0.15, 0.2) is 5.78 Å². The standard InChI is InChI=1S/C9H12N2O/c1-7(12)8(6-10)9-4-2-3-5-11-9/h11H,2-5H2,1H3/b9-8-. The van der Waals surface area contributed by atoms with Crippen LogP contribution in [0.25, 0.3) is 0 Å². The molecule has 1 N–H and O–H groups in total. The van der Waals surface area contributed by atoms with Gasteiger partial charge in [-0.25, -0.2) is 0 Å². The molecule has 1 heterocycles. The molecule has 1 aliphatic heterocycles. The third-order valence-electron chi connectivity index (χ3n) is 1.96. The van der Waals surface area contributed by atoms with E-state index in [1.807, 2.05) is 6.07 Å². The van der Waals surface area contributed by atoms with Gasteiger partial charge in [0.05, 0.1) is 0 Å². The summed E-state index contributed by atoms with van der Waals surface area (Å²) in [5.74, 6) is -0.137. The molecule has 0 spiro atoms. The summed E-state index contributed by atoms with van der Waals surface area (Å²) in [5, 5.41) is 11.8. The summed E-state index contributed by atoms with van der Waals surface area (Å²) in [4.78, 5) is 11.0. The number of allylic oxidation sites excluding steroid dienone is 2. The highest BCUT2D eigenvalue weighted by molar-refractivity contribution is 5.97. The first kappa shape index (κ1) is 8.79. The van der Waals surface area contributed by atoms with Crippen LogP contribution in [0.15, 0.2) is 11.3 Å². The molecular formula is C9H12N2O. The van der Waals surface area contributed by atoms with Crippen molar-refractivity contribution in [3.05, 3.63) is 11.3 Å². The average Bonchev–Trinajstić information content (AvgIpc) is 2.07. The van der Waals surface area contributed by atoms with E-state index in [0.29, 0.717) is 5.57 Å². The molecule has 0 amide bonds. The Labute approximate surface area is 72.1 Å². The Bertz CT molecular complexity index is 252. The lowest BCUT2D eigenvalue weighted by Crippen LogP contribution is -2.22. The van der Waals surface area contributed by atoms with Gasteiger partial charge in [-0.3, -0.25) is 4.79 Å². The summed E-state index contributed by atoms with van der Waals surface area (Å²) < 4.78 is 0. The van der Waals surface area contributed by atoms with Gasteiger partial charge in [-0.05, 0) is 26.2 Å². The number of Topliss-reactive ketones (excluding diaryl/α,β-unsaturated/α-hetero) is 1. The van der Waals surface area contributed by atoms with Gasteiger partial charge in [-0.15, -0.1) is 0 Å². The first-order chi connectivity index (χ1) is 5.75. The fourth-order valence-electron chi connectivity index (χ4n) is 1.33. The van der Waals surface area contributed by atoms with Crippen LogP contribution in [0.4, 0.5) is 0 Å². The number of ketones is 1. The Morgan fingerprint density at radius 3 is 2.75 bits per heavy atom. The van der Waals surface area contributed by atoms with Gasteiger partial charge in [0.25, 0.3) is 0 Å². The fraction of sp³-hybridized carbons (Fsp3) is 0.556. The lowest BCUT2D eigenvalue weighted by molar-refractivity contribution is -0.113. The SMILES string of the molecule is CC(=O)/C(C#N)=C1/CCCCN1. The lowest BCUT2D eigenvalue weighted by Gasteiger charge is -2.17. The van der Waals surface area contributed by atoms with Gasteiger partial charge in [0.2, 0.25) is 0 Å². The molecule has 0 aromatic carbocycles. The van der Waals surface area contributed by atoms with E-state index < -0.39 is 0 Å². The smallest absolute Gasteiger partial charge is 0.172 e. The molecule has 3 nitrogen and oxygen atoms in total. The van der Waals surface area contributed by atoms with Crippen molar-refractivity contribution in [1.29, 1.82) is 5.26 Å². The average molecular weight is 164 g/mol. The minimum Gasteiger partial charge on any atom is -0.387 e. The monoisotopic (exact) mass is 164 g/mol. The van der Waals surface area contributed by atoms with Crippen molar-refractivity contribution in [2.24, 2.45) is 0 Å². The Hall–Kier alpha value is -1.30. The number of hydrogen-bond donors (Lipinski definition) is 1. The molecule has 1 rings (SSSR count). The summed E-state index contributed by atoms with van der Waals surface area (Å²) in [7, 11) is 0. The fourth-order valence-corrected chi connectivity index (χ4v) is 1.33. The Morgan fingerprint density at radius 1 is 1.58 bits per heavy atom. The van der Waals surface area contributed by atoms with Gasteiger partial charge in [-0.1, -0.05) is 0 Å². The van der Waals surface area contributed by atoms with Crippen molar-refractivity contribution < 1.29 is 4.79 Å². The van der Waals surface area contributed by atoms with Crippen LogP contribution in [0.2, 0.25) is 0 Å².